The first kappa shape index (κ1) is 23.2. The zero-order chi connectivity index (χ0) is 19.0. The second-order valence-corrected chi connectivity index (χ2v) is 4.98. The molecule has 0 bridgehead atoms. The molecule has 0 radical (unpaired) electrons. The molecule has 0 aromatic carbocycles. The fraction of sp³-hybridized carbons (Fsp3) is 0.917. The summed E-state index contributed by atoms with van der Waals surface area (Å²) in [4.78, 5) is 9.77. The summed E-state index contributed by atoms with van der Waals surface area (Å²) in [5, 5.41) is 69.9. The van der Waals surface area contributed by atoms with Crippen molar-refractivity contribution in [1.29, 1.82) is 0 Å². The molecule has 1 aliphatic rings. The minimum atomic E-state index is -2.26. The summed E-state index contributed by atoms with van der Waals surface area (Å²) >= 11 is 0. The molecule has 1 aliphatic heterocycles. The number of rotatable bonds is 6. The second kappa shape index (κ2) is 10.9. The number of alkyl halides is 2. The maximum atomic E-state index is 12.7. The predicted octanol–water partition coefficient (Wildman–Crippen LogP) is -4.65. The van der Waals surface area contributed by atoms with Gasteiger partial charge in [0.25, 0.3) is 0 Å². The lowest BCUT2D eigenvalue weighted by atomic mass is 10.0. The molecule has 0 aromatic heterocycles. The van der Waals surface area contributed by atoms with Gasteiger partial charge in [0.05, 0.1) is 13.2 Å². The molecule has 1 fully saturated rings. The molecule has 0 aromatic rings. The quantitative estimate of drug-likeness (QED) is 0.213. The molecule has 1 heterocycles. The first-order valence-corrected chi connectivity index (χ1v) is 6.81. The summed E-state index contributed by atoms with van der Waals surface area (Å²) in [6.45, 7) is -1.40. The summed E-state index contributed by atoms with van der Waals surface area (Å²) < 4.78 is 29.4. The van der Waals surface area contributed by atoms with Crippen LogP contribution in [0.2, 0.25) is 0 Å². The summed E-state index contributed by atoms with van der Waals surface area (Å²) in [5.74, 6) is 0. The van der Waals surface area contributed by atoms with Crippen molar-refractivity contribution in [3.8, 4) is 0 Å². The van der Waals surface area contributed by atoms with Crippen LogP contribution in [0.5, 0.6) is 0 Å². The number of halogens is 2. The van der Waals surface area contributed by atoms with Crippen LogP contribution in [-0.2, 0) is 9.53 Å². The van der Waals surface area contributed by atoms with Crippen LogP contribution in [0.15, 0.2) is 0 Å². The standard InChI is InChI=1S/2C6H11FO5/c7-3-5(10)4(9)2(1-8)12-6(3)11;7-3(1-8)5(11)6(12)4(10)2-9/h2-6,8-11H,1H2;1,3-6,9-12H,2H2/t2-,3+,4-,5-,6?;3-,4-,5-,6-/m11/s1. The molecule has 1 unspecified atom stereocenters. The van der Waals surface area contributed by atoms with Crippen LogP contribution in [0, 0.1) is 0 Å². The molecule has 12 heteroatoms. The van der Waals surface area contributed by atoms with Gasteiger partial charge >= 0.3 is 0 Å². The van der Waals surface area contributed by atoms with Gasteiger partial charge in [0.2, 0.25) is 0 Å². The molecule has 0 spiro atoms. The number of ether oxygens (including phenoxy) is 1. The largest absolute Gasteiger partial charge is 0.394 e. The molecule has 0 aliphatic carbocycles. The Bertz CT molecular complexity index is 358. The van der Waals surface area contributed by atoms with Crippen LogP contribution in [0.25, 0.3) is 0 Å². The minimum Gasteiger partial charge on any atom is -0.394 e. The fourth-order valence-electron chi connectivity index (χ4n) is 1.67. The Hall–Kier alpha value is -0.830. The van der Waals surface area contributed by atoms with Crippen molar-refractivity contribution in [1.82, 2.24) is 0 Å². The summed E-state index contributed by atoms with van der Waals surface area (Å²) in [6.07, 6.45) is -16.2. The third-order valence-corrected chi connectivity index (χ3v) is 3.21. The number of hydrogen-bond donors (Lipinski definition) is 8. The summed E-state index contributed by atoms with van der Waals surface area (Å²) in [5.41, 5.74) is 0. The molecule has 8 N–H and O–H groups in total. The zero-order valence-electron chi connectivity index (χ0n) is 12.3. The molecule has 144 valence electrons. The van der Waals surface area contributed by atoms with Crippen LogP contribution >= 0.6 is 0 Å². The highest BCUT2D eigenvalue weighted by molar-refractivity contribution is 5.56. The van der Waals surface area contributed by atoms with Gasteiger partial charge in [0.1, 0.15) is 36.6 Å². The van der Waals surface area contributed by atoms with Gasteiger partial charge in [-0.25, -0.2) is 8.78 Å². The number of carbonyl (C=O) groups is 1. The maximum Gasteiger partial charge on any atom is 0.189 e. The van der Waals surface area contributed by atoms with E-state index in [1.807, 2.05) is 0 Å². The first-order valence-electron chi connectivity index (χ1n) is 6.81. The smallest absolute Gasteiger partial charge is 0.189 e. The van der Waals surface area contributed by atoms with Gasteiger partial charge in [0, 0.05) is 0 Å². The first-order chi connectivity index (χ1) is 11.1. The Morgan fingerprint density at radius 1 is 1.04 bits per heavy atom. The van der Waals surface area contributed by atoms with Gasteiger partial charge in [-0.3, -0.25) is 0 Å². The number of aliphatic hydroxyl groups is 8. The summed E-state index contributed by atoms with van der Waals surface area (Å²) in [7, 11) is 0. The van der Waals surface area contributed by atoms with E-state index in [9.17, 15) is 13.6 Å². The molecular formula is C12H22F2O10. The van der Waals surface area contributed by atoms with E-state index < -0.39 is 68.5 Å². The van der Waals surface area contributed by atoms with E-state index in [1.54, 1.807) is 0 Å². The number of hydrogen-bond acceptors (Lipinski definition) is 10. The van der Waals surface area contributed by atoms with Crippen molar-refractivity contribution >= 4 is 6.29 Å². The SMILES string of the molecule is O=C[C@@H](F)[C@@H](O)[C@H](O)[C@H](O)CO.OC[C@H]1OC(O)[C@@H](F)[C@@H](O)[C@@H]1O. The Balaban J connectivity index is 0.000000441. The van der Waals surface area contributed by atoms with Gasteiger partial charge in [-0.15, -0.1) is 0 Å². The Morgan fingerprint density at radius 3 is 2.00 bits per heavy atom. The van der Waals surface area contributed by atoms with E-state index in [4.69, 9.17) is 40.9 Å². The molecule has 0 amide bonds. The Morgan fingerprint density at radius 2 is 1.58 bits per heavy atom. The van der Waals surface area contributed by atoms with E-state index in [1.165, 1.54) is 0 Å². The molecule has 0 saturated carbocycles. The number of aliphatic hydroxyl groups excluding tert-OH is 8. The van der Waals surface area contributed by atoms with Crippen LogP contribution < -0.4 is 0 Å². The average molecular weight is 364 g/mol. The van der Waals surface area contributed by atoms with Crippen LogP contribution in [-0.4, -0.2) is 116 Å². The average Bonchev–Trinajstić information content (AvgIpc) is 2.60. The number of aldehydes is 1. The lowest BCUT2D eigenvalue weighted by molar-refractivity contribution is -0.271. The number of carbonyl (C=O) groups excluding carboxylic acids is 1. The second-order valence-electron chi connectivity index (χ2n) is 4.98. The lowest BCUT2D eigenvalue weighted by Crippen LogP contribution is -2.56. The van der Waals surface area contributed by atoms with E-state index in [2.05, 4.69) is 4.74 Å². The van der Waals surface area contributed by atoms with Gasteiger partial charge in [-0.2, -0.15) is 0 Å². The van der Waals surface area contributed by atoms with E-state index in [0.717, 1.165) is 0 Å². The Labute approximate surface area is 135 Å². The lowest BCUT2D eigenvalue weighted by Gasteiger charge is -2.36. The van der Waals surface area contributed by atoms with Crippen molar-refractivity contribution in [3.63, 3.8) is 0 Å². The molecule has 1 rings (SSSR count). The van der Waals surface area contributed by atoms with Gasteiger partial charge in [-0.05, 0) is 0 Å². The molecule has 24 heavy (non-hydrogen) atoms. The van der Waals surface area contributed by atoms with Crippen molar-refractivity contribution in [2.75, 3.05) is 13.2 Å². The van der Waals surface area contributed by atoms with Crippen LogP contribution in [0.4, 0.5) is 8.78 Å². The van der Waals surface area contributed by atoms with Crippen molar-refractivity contribution < 1.29 is 59.2 Å². The highest BCUT2D eigenvalue weighted by Crippen LogP contribution is 2.21. The fourth-order valence-corrected chi connectivity index (χ4v) is 1.67. The van der Waals surface area contributed by atoms with Gasteiger partial charge < -0.3 is 50.4 Å². The van der Waals surface area contributed by atoms with Crippen molar-refractivity contribution in [3.05, 3.63) is 0 Å². The van der Waals surface area contributed by atoms with Crippen LogP contribution in [0.1, 0.15) is 0 Å². The minimum absolute atomic E-state index is 0.196. The Kier molecular flexibility index (Phi) is 10.5. The monoisotopic (exact) mass is 364 g/mol. The third-order valence-electron chi connectivity index (χ3n) is 3.21. The van der Waals surface area contributed by atoms with E-state index in [-0.39, 0.29) is 6.29 Å². The van der Waals surface area contributed by atoms with E-state index >= 15 is 0 Å². The molecule has 10 nitrogen and oxygen atoms in total. The third kappa shape index (κ3) is 6.23. The highest BCUT2D eigenvalue weighted by atomic mass is 19.1. The molecular weight excluding hydrogens is 342 g/mol. The molecule has 9 atom stereocenters. The normalized spacial score (nSPS) is 35.2. The predicted molar refractivity (Wildman–Crippen MR) is 70.9 cm³/mol. The van der Waals surface area contributed by atoms with Gasteiger partial charge in [-0.1, -0.05) is 0 Å². The van der Waals surface area contributed by atoms with E-state index in [0.29, 0.717) is 0 Å². The highest BCUT2D eigenvalue weighted by Gasteiger charge is 2.43. The van der Waals surface area contributed by atoms with Crippen molar-refractivity contribution in [2.24, 2.45) is 0 Å². The molecule has 1 saturated heterocycles. The van der Waals surface area contributed by atoms with Gasteiger partial charge in [0.15, 0.2) is 24.9 Å². The topological polar surface area (TPSA) is 188 Å². The summed E-state index contributed by atoms with van der Waals surface area (Å²) in [6, 6.07) is 0. The maximum absolute atomic E-state index is 12.7. The van der Waals surface area contributed by atoms with Crippen molar-refractivity contribution in [2.45, 2.75) is 55.3 Å². The zero-order valence-corrected chi connectivity index (χ0v) is 12.3. The van der Waals surface area contributed by atoms with Crippen LogP contribution in [0.3, 0.4) is 0 Å².